The summed E-state index contributed by atoms with van der Waals surface area (Å²) in [5.41, 5.74) is 1.07. The fourth-order valence-corrected chi connectivity index (χ4v) is 2.78. The van der Waals surface area contributed by atoms with Crippen molar-refractivity contribution in [2.24, 2.45) is 5.14 Å². The van der Waals surface area contributed by atoms with Crippen LogP contribution in [0.1, 0.15) is 16.2 Å². The van der Waals surface area contributed by atoms with Gasteiger partial charge in [0.15, 0.2) is 5.82 Å². The summed E-state index contributed by atoms with van der Waals surface area (Å²) in [4.78, 5) is 16.2. The molecular formula is C18H17N3O6S. The molecule has 1 heterocycles. The molecule has 0 unspecified atom stereocenters. The van der Waals surface area contributed by atoms with E-state index in [0.717, 1.165) is 0 Å². The topological polar surface area (TPSA) is 135 Å². The Bertz CT molecular complexity index is 1060. The number of sulfonamides is 1. The number of nitrogens with two attached hydrogens (primary N) is 1. The number of hydrogen-bond donors (Lipinski definition) is 1. The lowest BCUT2D eigenvalue weighted by Gasteiger charge is -2.08. The zero-order chi connectivity index (χ0) is 20.1. The van der Waals surface area contributed by atoms with Gasteiger partial charge in [0.05, 0.1) is 10.5 Å². The van der Waals surface area contributed by atoms with Gasteiger partial charge in [0.25, 0.3) is 5.89 Å². The maximum Gasteiger partial charge on any atom is 0.338 e. The molecule has 3 aromatic rings. The maximum atomic E-state index is 12.1. The number of aromatic nitrogens is 2. The normalized spacial score (nSPS) is 11.2. The smallest absolute Gasteiger partial charge is 0.338 e. The fourth-order valence-electron chi connectivity index (χ4n) is 2.27. The van der Waals surface area contributed by atoms with Gasteiger partial charge in [-0.25, -0.2) is 18.4 Å². The summed E-state index contributed by atoms with van der Waals surface area (Å²) in [6.45, 7) is 1.86. The van der Waals surface area contributed by atoms with Crippen LogP contribution in [0.25, 0.3) is 11.5 Å². The van der Waals surface area contributed by atoms with E-state index in [9.17, 15) is 13.2 Å². The molecule has 0 fully saturated rings. The van der Waals surface area contributed by atoms with Crippen molar-refractivity contribution in [3.8, 4) is 17.2 Å². The number of ether oxygens (including phenoxy) is 2. The Morgan fingerprint density at radius 3 is 2.32 bits per heavy atom. The second-order valence-corrected chi connectivity index (χ2v) is 7.29. The van der Waals surface area contributed by atoms with Crippen molar-refractivity contribution in [3.05, 3.63) is 59.9 Å². The monoisotopic (exact) mass is 403 g/mol. The van der Waals surface area contributed by atoms with Crippen LogP contribution in [0.5, 0.6) is 5.75 Å². The molecule has 3 rings (SSSR count). The van der Waals surface area contributed by atoms with Gasteiger partial charge in [0.1, 0.15) is 19.0 Å². The molecule has 2 aromatic carbocycles. The number of benzene rings is 2. The summed E-state index contributed by atoms with van der Waals surface area (Å²) in [7, 11) is -3.74. The molecule has 0 aliphatic rings. The number of carbonyl (C=O) groups is 1. The average Bonchev–Trinajstić information content (AvgIpc) is 3.11. The quantitative estimate of drug-likeness (QED) is 0.467. The van der Waals surface area contributed by atoms with E-state index < -0.39 is 16.0 Å². The van der Waals surface area contributed by atoms with E-state index in [0.29, 0.717) is 28.6 Å². The van der Waals surface area contributed by atoms with E-state index in [-0.39, 0.29) is 18.1 Å². The zero-order valence-corrected chi connectivity index (χ0v) is 15.7. The van der Waals surface area contributed by atoms with Crippen LogP contribution in [-0.2, 0) is 14.8 Å². The lowest BCUT2D eigenvalue weighted by atomic mass is 10.1. The first kappa shape index (κ1) is 19.5. The van der Waals surface area contributed by atoms with E-state index in [4.69, 9.17) is 19.1 Å². The summed E-state index contributed by atoms with van der Waals surface area (Å²) in [5, 5.41) is 8.74. The molecule has 0 atom stereocenters. The van der Waals surface area contributed by atoms with Crippen molar-refractivity contribution in [1.82, 2.24) is 10.1 Å². The Kier molecular flexibility index (Phi) is 5.71. The summed E-state index contributed by atoms with van der Waals surface area (Å²) >= 11 is 0. The standard InChI is InChI=1S/C18H17N3O6S/c1-12-20-17(27-21-12)13-2-4-14(5-3-13)18(22)26-11-10-25-15-6-8-16(9-7-15)28(19,23)24/h2-9H,10-11H2,1H3,(H2,19,23,24). The Morgan fingerprint density at radius 2 is 1.75 bits per heavy atom. The molecule has 0 saturated carbocycles. The largest absolute Gasteiger partial charge is 0.490 e. The number of aryl methyl sites for hydroxylation is 1. The van der Waals surface area contributed by atoms with Gasteiger partial charge in [-0.2, -0.15) is 4.98 Å². The van der Waals surface area contributed by atoms with Crippen LogP contribution in [0.3, 0.4) is 0 Å². The highest BCUT2D eigenvalue weighted by Crippen LogP contribution is 2.18. The Balaban J connectivity index is 1.48. The summed E-state index contributed by atoms with van der Waals surface area (Å²) in [5.74, 6) is 0.834. The van der Waals surface area contributed by atoms with Crippen LogP contribution in [0.4, 0.5) is 0 Å². The van der Waals surface area contributed by atoms with E-state index in [2.05, 4.69) is 10.1 Å². The molecule has 1 aromatic heterocycles. The summed E-state index contributed by atoms with van der Waals surface area (Å²) in [6.07, 6.45) is 0. The molecule has 0 aliphatic heterocycles. The van der Waals surface area contributed by atoms with Crippen LogP contribution in [-0.4, -0.2) is 37.7 Å². The third-order valence-electron chi connectivity index (χ3n) is 3.63. The van der Waals surface area contributed by atoms with Gasteiger partial charge in [0.2, 0.25) is 10.0 Å². The first-order valence-electron chi connectivity index (χ1n) is 8.16. The van der Waals surface area contributed by atoms with Crippen LogP contribution in [0, 0.1) is 6.92 Å². The average molecular weight is 403 g/mol. The van der Waals surface area contributed by atoms with Gasteiger partial charge in [-0.15, -0.1) is 0 Å². The molecule has 0 aliphatic carbocycles. The van der Waals surface area contributed by atoms with Gasteiger partial charge >= 0.3 is 5.97 Å². The molecule has 10 heteroatoms. The van der Waals surface area contributed by atoms with Crippen molar-refractivity contribution >= 4 is 16.0 Å². The molecule has 0 radical (unpaired) electrons. The Labute approximate surface area is 161 Å². The molecule has 9 nitrogen and oxygen atoms in total. The molecular weight excluding hydrogens is 386 g/mol. The van der Waals surface area contributed by atoms with E-state index >= 15 is 0 Å². The van der Waals surface area contributed by atoms with Crippen molar-refractivity contribution in [3.63, 3.8) is 0 Å². The van der Waals surface area contributed by atoms with Crippen molar-refractivity contribution in [2.45, 2.75) is 11.8 Å². The number of carbonyl (C=O) groups excluding carboxylic acids is 1. The third-order valence-corrected chi connectivity index (χ3v) is 4.56. The van der Waals surface area contributed by atoms with Crippen LogP contribution in [0.2, 0.25) is 0 Å². The minimum Gasteiger partial charge on any atom is -0.490 e. The first-order chi connectivity index (χ1) is 13.3. The van der Waals surface area contributed by atoms with Crippen molar-refractivity contribution in [1.29, 1.82) is 0 Å². The van der Waals surface area contributed by atoms with Gasteiger partial charge in [0, 0.05) is 5.56 Å². The van der Waals surface area contributed by atoms with E-state index in [1.54, 1.807) is 31.2 Å². The number of esters is 1. The van der Waals surface area contributed by atoms with E-state index in [1.807, 2.05) is 0 Å². The molecule has 0 saturated heterocycles. The van der Waals surface area contributed by atoms with Crippen molar-refractivity contribution in [2.75, 3.05) is 13.2 Å². The van der Waals surface area contributed by atoms with Crippen LogP contribution in [0.15, 0.2) is 57.9 Å². The second-order valence-electron chi connectivity index (χ2n) is 5.72. The SMILES string of the molecule is Cc1noc(-c2ccc(C(=O)OCCOc3ccc(S(N)(=O)=O)cc3)cc2)n1. The van der Waals surface area contributed by atoms with E-state index in [1.165, 1.54) is 24.3 Å². The van der Waals surface area contributed by atoms with Gasteiger partial charge in [-0.1, -0.05) is 5.16 Å². The molecule has 0 bridgehead atoms. The molecule has 28 heavy (non-hydrogen) atoms. The highest BCUT2D eigenvalue weighted by molar-refractivity contribution is 7.89. The third kappa shape index (κ3) is 4.93. The lowest BCUT2D eigenvalue weighted by molar-refractivity contribution is 0.0450. The second kappa shape index (κ2) is 8.19. The Hall–Kier alpha value is -3.24. The van der Waals surface area contributed by atoms with Gasteiger partial charge in [-0.05, 0) is 55.5 Å². The minimum absolute atomic E-state index is 0.00888. The minimum atomic E-state index is -3.74. The molecule has 0 spiro atoms. The summed E-state index contributed by atoms with van der Waals surface area (Å²) < 4.78 is 38.0. The summed E-state index contributed by atoms with van der Waals surface area (Å²) in [6, 6.07) is 12.2. The maximum absolute atomic E-state index is 12.1. The highest BCUT2D eigenvalue weighted by atomic mass is 32.2. The van der Waals surface area contributed by atoms with Gasteiger partial charge in [-0.3, -0.25) is 0 Å². The predicted octanol–water partition coefficient (Wildman–Crippen LogP) is 1.93. The fraction of sp³-hybridized carbons (Fsp3) is 0.167. The van der Waals surface area contributed by atoms with Crippen molar-refractivity contribution < 1.29 is 27.2 Å². The molecule has 0 amide bonds. The number of rotatable bonds is 7. The number of primary sulfonamides is 1. The lowest BCUT2D eigenvalue weighted by Crippen LogP contribution is -2.13. The highest BCUT2D eigenvalue weighted by Gasteiger charge is 2.11. The molecule has 2 N–H and O–H groups in total. The van der Waals surface area contributed by atoms with Crippen LogP contribution < -0.4 is 9.88 Å². The first-order valence-corrected chi connectivity index (χ1v) is 9.71. The number of nitrogens with zero attached hydrogens (tertiary/aromatic N) is 2. The Morgan fingerprint density at radius 1 is 1.07 bits per heavy atom. The predicted molar refractivity (Wildman–Crippen MR) is 98.1 cm³/mol. The van der Waals surface area contributed by atoms with Gasteiger partial charge < -0.3 is 14.0 Å². The zero-order valence-electron chi connectivity index (χ0n) is 14.9. The van der Waals surface area contributed by atoms with Crippen LogP contribution >= 0.6 is 0 Å². The molecule has 146 valence electrons. The number of hydrogen-bond acceptors (Lipinski definition) is 8.